The maximum Gasteiger partial charge on any atom is 0.354 e. The lowest BCUT2D eigenvalue weighted by atomic mass is 9.57. The summed E-state index contributed by atoms with van der Waals surface area (Å²) in [5, 5.41) is 53.3. The van der Waals surface area contributed by atoms with Crippen LogP contribution in [0.4, 0.5) is 4.39 Å². The first-order valence-corrected chi connectivity index (χ1v) is 12.4. The van der Waals surface area contributed by atoms with Crippen molar-refractivity contribution < 1.29 is 53.8 Å². The molecule has 0 aromatic heterocycles. The molecule has 2 fully saturated rings. The number of nitrogens with one attached hydrogen (secondary N) is 1. The summed E-state index contributed by atoms with van der Waals surface area (Å²) < 4.78 is 25.7. The third kappa shape index (κ3) is 4.70. The molecule has 2 aromatic carbocycles. The summed E-state index contributed by atoms with van der Waals surface area (Å²) in [6.07, 6.45) is -0.852. The summed E-state index contributed by atoms with van der Waals surface area (Å²) in [5.74, 6) is -10.7. The first-order valence-electron chi connectivity index (χ1n) is 12.4. The summed E-state index contributed by atoms with van der Waals surface area (Å²) in [5.41, 5.74) is -4.43. The smallest absolute Gasteiger partial charge is 0.354 e. The van der Waals surface area contributed by atoms with Crippen LogP contribution in [0.25, 0.3) is 0 Å². The van der Waals surface area contributed by atoms with Crippen molar-refractivity contribution >= 4 is 33.4 Å². The Bertz CT molecular complexity index is 1430. The van der Waals surface area contributed by atoms with Crippen LogP contribution < -0.4 is 10.1 Å². The molecule has 13 nitrogen and oxygen atoms in total. The molecule has 0 bridgehead atoms. The van der Waals surface area contributed by atoms with Gasteiger partial charge in [-0.15, -0.1) is 0 Å². The molecule has 41 heavy (non-hydrogen) atoms. The number of aliphatic hydroxyl groups is 5. The number of piperidine rings is 1. The molecule has 5 rings (SSSR count). The van der Waals surface area contributed by atoms with Gasteiger partial charge in [-0.25, -0.2) is 9.29 Å². The maximum atomic E-state index is 15.2. The lowest BCUT2D eigenvalue weighted by Gasteiger charge is -2.46. The Morgan fingerprint density at radius 1 is 1.05 bits per heavy atom. The van der Waals surface area contributed by atoms with Crippen LogP contribution in [0.2, 0.25) is 0 Å². The van der Waals surface area contributed by atoms with E-state index in [1.165, 1.54) is 17.0 Å². The molecular formula is C25H24B2FN3O10. The molecule has 0 spiro atoms. The first kappa shape index (κ1) is 29.1. The van der Waals surface area contributed by atoms with Crippen LogP contribution in [0.5, 0.6) is 5.75 Å². The van der Waals surface area contributed by atoms with E-state index in [-0.39, 0.29) is 49.4 Å². The van der Waals surface area contributed by atoms with Crippen molar-refractivity contribution in [2.24, 2.45) is 0 Å². The summed E-state index contributed by atoms with van der Waals surface area (Å²) in [7, 11) is 12.5. The number of ether oxygens (including phenoxy) is 2. The fourth-order valence-corrected chi connectivity index (χ4v) is 5.24. The van der Waals surface area contributed by atoms with E-state index in [0.717, 1.165) is 18.2 Å². The zero-order valence-corrected chi connectivity index (χ0v) is 21.4. The van der Waals surface area contributed by atoms with Gasteiger partial charge < -0.3 is 39.9 Å². The number of rotatable bonds is 6. The third-order valence-corrected chi connectivity index (χ3v) is 7.33. The number of halogens is 1. The van der Waals surface area contributed by atoms with E-state index < -0.39 is 64.2 Å². The van der Waals surface area contributed by atoms with Crippen LogP contribution in [0.1, 0.15) is 39.9 Å². The summed E-state index contributed by atoms with van der Waals surface area (Å²) in [6, 6.07) is 6.21. The van der Waals surface area contributed by atoms with Crippen molar-refractivity contribution in [3.63, 3.8) is 0 Å². The molecule has 3 aliphatic heterocycles. The van der Waals surface area contributed by atoms with Gasteiger partial charge in [0.05, 0.1) is 34.5 Å². The van der Waals surface area contributed by atoms with Gasteiger partial charge in [0.15, 0.2) is 0 Å². The van der Waals surface area contributed by atoms with Crippen LogP contribution in [0.3, 0.4) is 0 Å². The quantitative estimate of drug-likeness (QED) is 0.123. The Hall–Kier alpha value is -3.37. The standard InChI is InChI=1S/C25H24B2FN3O10/c26-23(27)19-14(20(33)31(23)22(35)7-6-18(32)29-21(22)34)2-1-3-17(19)41-25(38,39)15-5-4-13(12-16(15)28)24(36,37)30-8-10-40-11-9-30/h1-5,12,35-39H,6-11H2,(H,29,32,34). The molecule has 4 radical (unpaired) electrons. The number of benzene rings is 2. The van der Waals surface area contributed by atoms with Crippen LogP contribution in [-0.4, -0.2) is 101 Å². The number of hydrogen-bond donors (Lipinski definition) is 6. The summed E-state index contributed by atoms with van der Waals surface area (Å²) in [6.45, 7) is 0.731. The Kier molecular flexibility index (Phi) is 7.02. The molecule has 1 atom stereocenters. The van der Waals surface area contributed by atoms with Crippen molar-refractivity contribution in [1.29, 1.82) is 0 Å². The number of hydrogen-bond acceptors (Lipinski definition) is 11. The van der Waals surface area contributed by atoms with Gasteiger partial charge in [0.2, 0.25) is 11.6 Å². The van der Waals surface area contributed by atoms with Gasteiger partial charge >= 0.3 is 5.97 Å². The molecule has 1 unspecified atom stereocenters. The fourth-order valence-electron chi connectivity index (χ4n) is 5.24. The monoisotopic (exact) mass is 567 g/mol. The van der Waals surface area contributed by atoms with E-state index in [1.807, 2.05) is 5.32 Å². The number of carbonyl (C=O) groups excluding carboxylic acids is 3. The molecule has 3 amide bonds. The predicted molar refractivity (Wildman–Crippen MR) is 135 cm³/mol. The van der Waals surface area contributed by atoms with Crippen molar-refractivity contribution in [3.8, 4) is 5.75 Å². The third-order valence-electron chi connectivity index (χ3n) is 7.33. The highest BCUT2D eigenvalue weighted by Gasteiger charge is 2.58. The van der Waals surface area contributed by atoms with Crippen molar-refractivity contribution in [3.05, 3.63) is 64.5 Å². The lowest BCUT2D eigenvalue weighted by Crippen LogP contribution is -2.68. The van der Waals surface area contributed by atoms with Gasteiger partial charge in [-0.05, 0) is 29.6 Å². The van der Waals surface area contributed by atoms with Gasteiger partial charge in [-0.3, -0.25) is 19.7 Å². The minimum absolute atomic E-state index is 0.144. The second-order valence-electron chi connectivity index (χ2n) is 9.98. The van der Waals surface area contributed by atoms with E-state index in [4.69, 9.17) is 25.2 Å². The predicted octanol–water partition coefficient (Wildman–Crippen LogP) is -2.54. The molecule has 2 aromatic rings. The van der Waals surface area contributed by atoms with Crippen molar-refractivity contribution in [2.45, 2.75) is 35.8 Å². The molecule has 3 aliphatic rings. The second kappa shape index (κ2) is 9.87. The molecule has 6 N–H and O–H groups in total. The van der Waals surface area contributed by atoms with E-state index >= 15 is 4.39 Å². The molecule has 212 valence electrons. The van der Waals surface area contributed by atoms with E-state index in [2.05, 4.69) is 0 Å². The van der Waals surface area contributed by atoms with E-state index in [1.54, 1.807) is 0 Å². The highest BCUT2D eigenvalue weighted by atomic mass is 19.1. The number of nitrogens with zero attached hydrogens (tertiary/aromatic N) is 2. The normalized spacial score (nSPS) is 23.4. The van der Waals surface area contributed by atoms with Gasteiger partial charge in [0.1, 0.15) is 11.6 Å². The Balaban J connectivity index is 1.47. The highest BCUT2D eigenvalue weighted by molar-refractivity contribution is 6.43. The Morgan fingerprint density at radius 2 is 1.73 bits per heavy atom. The fraction of sp³-hybridized carbons (Fsp3) is 0.400. The first-order chi connectivity index (χ1) is 19.1. The van der Waals surface area contributed by atoms with Crippen molar-refractivity contribution in [2.75, 3.05) is 26.3 Å². The Morgan fingerprint density at radius 3 is 2.37 bits per heavy atom. The van der Waals surface area contributed by atoms with Gasteiger partial charge in [-0.1, -0.05) is 12.1 Å². The molecule has 16 heteroatoms. The largest absolute Gasteiger partial charge is 0.435 e. The van der Waals surface area contributed by atoms with Crippen LogP contribution in [0, 0.1) is 5.82 Å². The average Bonchev–Trinajstić information content (AvgIpc) is 3.12. The molecule has 0 saturated carbocycles. The van der Waals surface area contributed by atoms with Crippen molar-refractivity contribution in [1.82, 2.24) is 15.1 Å². The maximum absolute atomic E-state index is 15.2. The van der Waals surface area contributed by atoms with E-state index in [9.17, 15) is 39.9 Å². The molecular weight excluding hydrogens is 543 g/mol. The van der Waals surface area contributed by atoms with Crippen LogP contribution >= 0.6 is 0 Å². The Labute approximate surface area is 234 Å². The van der Waals surface area contributed by atoms with Gasteiger partial charge in [-0.2, -0.15) is 0 Å². The average molecular weight is 567 g/mol. The summed E-state index contributed by atoms with van der Waals surface area (Å²) >= 11 is 0. The molecule has 2 saturated heterocycles. The van der Waals surface area contributed by atoms with Crippen LogP contribution in [0.15, 0.2) is 36.4 Å². The van der Waals surface area contributed by atoms with Gasteiger partial charge in [0.25, 0.3) is 17.7 Å². The van der Waals surface area contributed by atoms with Crippen LogP contribution in [-0.2, 0) is 31.5 Å². The molecule has 0 aliphatic carbocycles. The second-order valence-corrected chi connectivity index (χ2v) is 9.98. The van der Waals surface area contributed by atoms with Gasteiger partial charge in [0, 0.05) is 42.6 Å². The lowest BCUT2D eigenvalue weighted by molar-refractivity contribution is -0.306. The topological polar surface area (TPSA) is 189 Å². The number of carbonyl (C=O) groups is 3. The zero-order valence-electron chi connectivity index (χ0n) is 21.4. The zero-order chi connectivity index (χ0) is 30.0. The number of fused-ring (bicyclic) bond motifs is 1. The summed E-state index contributed by atoms with van der Waals surface area (Å²) in [4.78, 5) is 39.1. The number of imide groups is 1. The number of morpholine rings is 1. The number of amides is 3. The highest BCUT2D eigenvalue weighted by Crippen LogP contribution is 2.46. The molecule has 3 heterocycles. The minimum atomic E-state index is -3.41. The SMILES string of the molecule is [B]C1([B])c2c(OC(O)(O)c3ccc(C(O)(O)N4CCOCC4)cc3F)cccc2C(=O)N1C1(O)CCC(=O)NC1=O. The minimum Gasteiger partial charge on any atom is -0.435 e. The van der Waals surface area contributed by atoms with E-state index in [0.29, 0.717) is 11.0 Å².